The first kappa shape index (κ1) is 7.74. The molecule has 0 saturated heterocycles. The average Bonchev–Trinajstić information content (AvgIpc) is 2.84. The summed E-state index contributed by atoms with van der Waals surface area (Å²) in [6.07, 6.45) is 3.99. The van der Waals surface area contributed by atoms with E-state index in [0.717, 1.165) is 18.5 Å². The molecule has 1 aromatic rings. The van der Waals surface area contributed by atoms with Gasteiger partial charge in [-0.1, -0.05) is 0 Å². The fourth-order valence-corrected chi connectivity index (χ4v) is 1.47. The zero-order valence-corrected chi connectivity index (χ0v) is 7.25. The largest absolute Gasteiger partial charge is 0.395 e. The molecule has 0 spiro atoms. The molecule has 0 aromatic carbocycles. The van der Waals surface area contributed by atoms with E-state index in [1.807, 2.05) is 12.3 Å². The van der Waals surface area contributed by atoms with E-state index in [1.165, 1.54) is 5.56 Å². The second kappa shape index (κ2) is 2.56. The fourth-order valence-electron chi connectivity index (χ4n) is 1.47. The molecule has 1 saturated carbocycles. The van der Waals surface area contributed by atoms with Crippen molar-refractivity contribution in [1.82, 2.24) is 4.98 Å². The van der Waals surface area contributed by atoms with Crippen LogP contribution in [0.5, 0.6) is 0 Å². The summed E-state index contributed by atoms with van der Waals surface area (Å²) in [5, 5.41) is 9.16. The highest BCUT2D eigenvalue weighted by molar-refractivity contribution is 5.27. The van der Waals surface area contributed by atoms with Crippen molar-refractivity contribution < 1.29 is 5.11 Å². The number of aliphatic hydroxyl groups excluding tert-OH is 1. The van der Waals surface area contributed by atoms with Gasteiger partial charge in [0.25, 0.3) is 0 Å². The Hall–Kier alpha value is -0.890. The van der Waals surface area contributed by atoms with Crippen LogP contribution >= 0.6 is 0 Å². The summed E-state index contributed by atoms with van der Waals surface area (Å²) in [5.74, 6) is 0. The van der Waals surface area contributed by atoms with Crippen molar-refractivity contribution in [1.29, 1.82) is 0 Å². The van der Waals surface area contributed by atoms with Crippen molar-refractivity contribution in [3.63, 3.8) is 0 Å². The number of aromatic nitrogens is 1. The SMILES string of the molecule is Cc1ccnc(C2(CO)CC2)c1. The van der Waals surface area contributed by atoms with Gasteiger partial charge in [-0.05, 0) is 37.5 Å². The van der Waals surface area contributed by atoms with E-state index >= 15 is 0 Å². The van der Waals surface area contributed by atoms with Crippen molar-refractivity contribution in [2.24, 2.45) is 0 Å². The van der Waals surface area contributed by atoms with Gasteiger partial charge in [-0.25, -0.2) is 0 Å². The molecule has 0 aliphatic heterocycles. The molecule has 0 bridgehead atoms. The van der Waals surface area contributed by atoms with Crippen LogP contribution in [-0.4, -0.2) is 16.7 Å². The minimum atomic E-state index is 0.0199. The first-order valence-corrected chi connectivity index (χ1v) is 4.31. The number of pyridine rings is 1. The quantitative estimate of drug-likeness (QED) is 0.715. The summed E-state index contributed by atoms with van der Waals surface area (Å²) in [4.78, 5) is 4.28. The van der Waals surface area contributed by atoms with Gasteiger partial charge in [0.1, 0.15) is 0 Å². The first-order chi connectivity index (χ1) is 5.77. The van der Waals surface area contributed by atoms with Crippen molar-refractivity contribution in [3.8, 4) is 0 Å². The second-order valence-electron chi connectivity index (χ2n) is 3.66. The van der Waals surface area contributed by atoms with E-state index in [9.17, 15) is 0 Å². The van der Waals surface area contributed by atoms with Gasteiger partial charge in [-0.2, -0.15) is 0 Å². The number of hydrogen-bond donors (Lipinski definition) is 1. The van der Waals surface area contributed by atoms with Gasteiger partial charge in [0.2, 0.25) is 0 Å². The van der Waals surface area contributed by atoms with Crippen molar-refractivity contribution in [3.05, 3.63) is 29.6 Å². The maximum atomic E-state index is 9.16. The molecular weight excluding hydrogens is 150 g/mol. The number of nitrogens with zero attached hydrogens (tertiary/aromatic N) is 1. The summed E-state index contributed by atoms with van der Waals surface area (Å²) in [6, 6.07) is 4.06. The maximum Gasteiger partial charge on any atom is 0.0543 e. The van der Waals surface area contributed by atoms with Gasteiger partial charge in [-0.3, -0.25) is 4.98 Å². The predicted octanol–water partition coefficient (Wildman–Crippen LogP) is 1.41. The Morgan fingerprint density at radius 1 is 1.58 bits per heavy atom. The van der Waals surface area contributed by atoms with E-state index in [0.29, 0.717) is 0 Å². The molecule has 0 unspecified atom stereocenters. The molecule has 0 amide bonds. The van der Waals surface area contributed by atoms with E-state index in [4.69, 9.17) is 5.11 Å². The summed E-state index contributed by atoms with van der Waals surface area (Å²) in [6.45, 7) is 2.29. The highest BCUT2D eigenvalue weighted by Crippen LogP contribution is 2.46. The highest BCUT2D eigenvalue weighted by atomic mass is 16.3. The van der Waals surface area contributed by atoms with Crippen LogP contribution in [0.3, 0.4) is 0 Å². The lowest BCUT2D eigenvalue weighted by Gasteiger charge is -2.10. The van der Waals surface area contributed by atoms with E-state index in [2.05, 4.69) is 18.0 Å². The van der Waals surface area contributed by atoms with Gasteiger partial charge < -0.3 is 5.11 Å². The normalized spacial score (nSPS) is 19.2. The Bertz CT molecular complexity index is 292. The lowest BCUT2D eigenvalue weighted by Crippen LogP contribution is -2.13. The number of rotatable bonds is 2. The third-order valence-electron chi connectivity index (χ3n) is 2.62. The van der Waals surface area contributed by atoms with Crippen molar-refractivity contribution >= 4 is 0 Å². The number of aliphatic hydroxyl groups is 1. The minimum Gasteiger partial charge on any atom is -0.395 e. The Labute approximate surface area is 72.3 Å². The summed E-state index contributed by atoms with van der Waals surface area (Å²) in [5.41, 5.74) is 2.30. The van der Waals surface area contributed by atoms with E-state index in [1.54, 1.807) is 0 Å². The molecule has 64 valence electrons. The third-order valence-corrected chi connectivity index (χ3v) is 2.62. The van der Waals surface area contributed by atoms with Gasteiger partial charge in [0.05, 0.1) is 6.61 Å². The summed E-state index contributed by atoms with van der Waals surface area (Å²) >= 11 is 0. The van der Waals surface area contributed by atoms with Gasteiger partial charge >= 0.3 is 0 Å². The van der Waals surface area contributed by atoms with E-state index in [-0.39, 0.29) is 12.0 Å². The highest BCUT2D eigenvalue weighted by Gasteiger charge is 2.44. The molecule has 2 nitrogen and oxygen atoms in total. The van der Waals surface area contributed by atoms with Crippen LogP contribution in [0, 0.1) is 6.92 Å². The Morgan fingerprint density at radius 2 is 2.33 bits per heavy atom. The standard InChI is InChI=1S/C10H13NO/c1-8-2-5-11-9(6-8)10(7-12)3-4-10/h2,5-6,12H,3-4,7H2,1H3. The molecule has 0 radical (unpaired) electrons. The fraction of sp³-hybridized carbons (Fsp3) is 0.500. The van der Waals surface area contributed by atoms with Gasteiger partial charge in [0, 0.05) is 17.3 Å². The molecule has 12 heavy (non-hydrogen) atoms. The van der Waals surface area contributed by atoms with Crippen LogP contribution in [0.25, 0.3) is 0 Å². The Balaban J connectivity index is 2.34. The zero-order chi connectivity index (χ0) is 8.60. The molecular formula is C10H13NO. The molecule has 1 aliphatic carbocycles. The minimum absolute atomic E-state index is 0.0199. The van der Waals surface area contributed by atoms with Crippen molar-refractivity contribution in [2.75, 3.05) is 6.61 Å². The molecule has 2 rings (SSSR count). The van der Waals surface area contributed by atoms with Gasteiger partial charge in [-0.15, -0.1) is 0 Å². The molecule has 1 N–H and O–H groups in total. The molecule has 1 heterocycles. The van der Waals surface area contributed by atoms with Crippen LogP contribution in [0.1, 0.15) is 24.1 Å². The van der Waals surface area contributed by atoms with Crippen LogP contribution < -0.4 is 0 Å². The van der Waals surface area contributed by atoms with Crippen LogP contribution in [0.4, 0.5) is 0 Å². The van der Waals surface area contributed by atoms with Crippen LogP contribution in [-0.2, 0) is 5.41 Å². The smallest absolute Gasteiger partial charge is 0.0543 e. The number of hydrogen-bond acceptors (Lipinski definition) is 2. The lowest BCUT2D eigenvalue weighted by molar-refractivity contribution is 0.252. The van der Waals surface area contributed by atoms with E-state index < -0.39 is 0 Å². The molecule has 0 atom stereocenters. The molecule has 2 heteroatoms. The second-order valence-corrected chi connectivity index (χ2v) is 3.66. The first-order valence-electron chi connectivity index (χ1n) is 4.31. The lowest BCUT2D eigenvalue weighted by atomic mass is 10.0. The topological polar surface area (TPSA) is 33.1 Å². The van der Waals surface area contributed by atoms with Crippen molar-refractivity contribution in [2.45, 2.75) is 25.2 Å². The van der Waals surface area contributed by atoms with Crippen LogP contribution in [0.15, 0.2) is 18.3 Å². The van der Waals surface area contributed by atoms with Crippen LogP contribution in [0.2, 0.25) is 0 Å². The average molecular weight is 163 g/mol. The summed E-state index contributed by atoms with van der Waals surface area (Å²) < 4.78 is 0. The summed E-state index contributed by atoms with van der Waals surface area (Å²) in [7, 11) is 0. The Morgan fingerprint density at radius 3 is 2.83 bits per heavy atom. The third kappa shape index (κ3) is 1.12. The maximum absolute atomic E-state index is 9.16. The molecule has 1 aromatic heterocycles. The Kier molecular flexibility index (Phi) is 1.65. The molecule has 1 aliphatic rings. The zero-order valence-electron chi connectivity index (χ0n) is 7.25. The predicted molar refractivity (Wildman–Crippen MR) is 47.0 cm³/mol. The van der Waals surface area contributed by atoms with Gasteiger partial charge in [0.15, 0.2) is 0 Å². The number of aryl methyl sites for hydroxylation is 1. The molecule has 1 fully saturated rings. The monoisotopic (exact) mass is 163 g/mol.